The monoisotopic (exact) mass is 285 g/mol. The molecule has 1 aromatic carbocycles. The quantitative estimate of drug-likeness (QED) is 0.864. The number of rotatable bonds is 4. The van der Waals surface area contributed by atoms with Gasteiger partial charge in [-0.15, -0.1) is 0 Å². The van der Waals surface area contributed by atoms with Crippen LogP contribution in [-0.4, -0.2) is 10.1 Å². The van der Waals surface area contributed by atoms with Gasteiger partial charge >= 0.3 is 0 Å². The fraction of sp³-hybridized carbons (Fsp3) is 0.438. The van der Waals surface area contributed by atoms with E-state index < -0.39 is 5.41 Å². The third-order valence-corrected chi connectivity index (χ3v) is 3.97. The Morgan fingerprint density at radius 1 is 1.48 bits per heavy atom. The summed E-state index contributed by atoms with van der Waals surface area (Å²) in [5.74, 6) is 0.936. The largest absolute Gasteiger partial charge is 0.339 e. The maximum Gasteiger partial charge on any atom is 0.226 e. The Labute approximate surface area is 122 Å². The van der Waals surface area contributed by atoms with Crippen LogP contribution in [0.2, 0.25) is 0 Å². The van der Waals surface area contributed by atoms with Crippen molar-refractivity contribution in [2.24, 2.45) is 5.41 Å². The van der Waals surface area contributed by atoms with E-state index in [0.717, 1.165) is 17.5 Å². The minimum absolute atomic E-state index is 0.0252. The minimum Gasteiger partial charge on any atom is -0.339 e. The summed E-state index contributed by atoms with van der Waals surface area (Å²) in [5.41, 5.74) is 1.68. The summed E-state index contributed by atoms with van der Waals surface area (Å²) in [6.07, 6.45) is 2.07. The average molecular weight is 285 g/mol. The van der Waals surface area contributed by atoms with Crippen molar-refractivity contribution in [1.82, 2.24) is 10.1 Å². The second-order valence-corrected chi connectivity index (χ2v) is 6.14. The van der Waals surface area contributed by atoms with Gasteiger partial charge in [0.25, 0.3) is 0 Å². The molecule has 0 saturated carbocycles. The Morgan fingerprint density at radius 2 is 2.29 bits per heavy atom. The fourth-order valence-electron chi connectivity index (χ4n) is 2.49. The molecule has 1 aliphatic rings. The van der Waals surface area contributed by atoms with Crippen molar-refractivity contribution in [2.45, 2.75) is 39.0 Å². The number of hydrogen-bond donors (Lipinski definition) is 0. The minimum atomic E-state index is -0.402. The van der Waals surface area contributed by atoms with E-state index in [1.54, 1.807) is 12.1 Å². The van der Waals surface area contributed by atoms with E-state index >= 15 is 0 Å². The average Bonchev–Trinajstić information content (AvgIpc) is 2.89. The first-order valence-corrected chi connectivity index (χ1v) is 7.00. The Balaban J connectivity index is 1.71. The maximum absolute atomic E-state index is 13.3. The van der Waals surface area contributed by atoms with Gasteiger partial charge in [-0.2, -0.15) is 10.2 Å². The van der Waals surface area contributed by atoms with E-state index in [1.807, 2.05) is 13.8 Å². The molecule has 0 bridgehead atoms. The summed E-state index contributed by atoms with van der Waals surface area (Å²) in [6.45, 7) is 3.77. The van der Waals surface area contributed by atoms with Crippen molar-refractivity contribution in [3.8, 4) is 6.07 Å². The van der Waals surface area contributed by atoms with Gasteiger partial charge in [0, 0.05) is 6.42 Å². The van der Waals surface area contributed by atoms with Gasteiger partial charge in [-0.3, -0.25) is 0 Å². The smallest absolute Gasteiger partial charge is 0.226 e. The molecule has 0 fully saturated rings. The highest BCUT2D eigenvalue weighted by Crippen LogP contribution is 2.39. The van der Waals surface area contributed by atoms with E-state index in [1.165, 1.54) is 6.07 Å². The zero-order valence-corrected chi connectivity index (χ0v) is 12.1. The number of fused-ring (bicyclic) bond motifs is 1. The summed E-state index contributed by atoms with van der Waals surface area (Å²) >= 11 is 0. The summed E-state index contributed by atoms with van der Waals surface area (Å²) in [5, 5.41) is 13.0. The summed E-state index contributed by atoms with van der Waals surface area (Å²) in [6, 6.07) is 7.07. The fourth-order valence-corrected chi connectivity index (χ4v) is 2.49. The lowest BCUT2D eigenvalue weighted by Crippen LogP contribution is -2.19. The van der Waals surface area contributed by atoms with Gasteiger partial charge in [0.1, 0.15) is 5.82 Å². The van der Waals surface area contributed by atoms with Crippen molar-refractivity contribution < 1.29 is 8.91 Å². The Bertz CT molecular complexity index is 715. The topological polar surface area (TPSA) is 62.7 Å². The van der Waals surface area contributed by atoms with Gasteiger partial charge < -0.3 is 4.52 Å². The molecule has 0 N–H and O–H groups in total. The third-order valence-electron chi connectivity index (χ3n) is 3.97. The van der Waals surface area contributed by atoms with E-state index in [4.69, 9.17) is 9.78 Å². The van der Waals surface area contributed by atoms with Crippen molar-refractivity contribution in [3.63, 3.8) is 0 Å². The molecule has 1 atom stereocenters. The zero-order chi connectivity index (χ0) is 15.0. The lowest BCUT2D eigenvalue weighted by atomic mass is 9.77. The molecule has 1 heterocycles. The number of halogens is 1. The molecular weight excluding hydrogens is 269 g/mol. The van der Waals surface area contributed by atoms with Crippen molar-refractivity contribution in [2.75, 3.05) is 0 Å². The number of aromatic nitrogens is 2. The number of nitrogens with zero attached hydrogens (tertiary/aromatic N) is 3. The van der Waals surface area contributed by atoms with Gasteiger partial charge in [0.2, 0.25) is 5.89 Å². The predicted molar refractivity (Wildman–Crippen MR) is 74.0 cm³/mol. The predicted octanol–water partition coefficient (Wildman–Crippen LogP) is 3.38. The zero-order valence-electron chi connectivity index (χ0n) is 12.1. The van der Waals surface area contributed by atoms with Gasteiger partial charge in [-0.25, -0.2) is 4.39 Å². The second-order valence-electron chi connectivity index (χ2n) is 6.14. The molecule has 0 aliphatic heterocycles. The summed E-state index contributed by atoms with van der Waals surface area (Å²) in [7, 11) is 0. The van der Waals surface area contributed by atoms with Crippen LogP contribution in [0.4, 0.5) is 4.39 Å². The van der Waals surface area contributed by atoms with Gasteiger partial charge in [0.15, 0.2) is 5.82 Å². The lowest BCUT2D eigenvalue weighted by molar-refractivity contribution is 0.347. The van der Waals surface area contributed by atoms with Crippen LogP contribution >= 0.6 is 0 Å². The number of nitriles is 1. The van der Waals surface area contributed by atoms with Crippen molar-refractivity contribution in [1.29, 1.82) is 5.26 Å². The Hall–Kier alpha value is -2.22. The van der Waals surface area contributed by atoms with Crippen LogP contribution in [0, 0.1) is 22.6 Å². The molecule has 108 valence electrons. The molecule has 2 aromatic rings. The second kappa shape index (κ2) is 4.96. The Morgan fingerprint density at radius 3 is 3.05 bits per heavy atom. The highest BCUT2D eigenvalue weighted by atomic mass is 19.1. The van der Waals surface area contributed by atoms with Gasteiger partial charge in [0.05, 0.1) is 17.4 Å². The highest BCUT2D eigenvalue weighted by Gasteiger charge is 2.32. The molecule has 0 saturated heterocycles. The standard InChI is InChI=1S/C16H16FN3O/c1-16(2,9-18)6-5-14-19-15(20-21-14)13-7-10-3-4-11(17)8-12(10)13/h3-4,8,13H,5-7H2,1-2H3. The SMILES string of the molecule is CC(C)(C#N)CCc1nc(C2Cc3ccc(F)cc32)no1. The Kier molecular flexibility index (Phi) is 3.25. The van der Waals surface area contributed by atoms with E-state index in [0.29, 0.717) is 24.6 Å². The summed E-state index contributed by atoms with van der Waals surface area (Å²) < 4.78 is 18.5. The maximum atomic E-state index is 13.3. The molecular formula is C16H16FN3O. The first-order valence-electron chi connectivity index (χ1n) is 7.00. The van der Waals surface area contributed by atoms with E-state index in [9.17, 15) is 4.39 Å². The number of hydrogen-bond acceptors (Lipinski definition) is 4. The van der Waals surface area contributed by atoms with Crippen LogP contribution in [0.25, 0.3) is 0 Å². The normalized spacial score (nSPS) is 17.0. The van der Waals surface area contributed by atoms with Crippen LogP contribution < -0.4 is 0 Å². The molecule has 21 heavy (non-hydrogen) atoms. The molecule has 0 radical (unpaired) electrons. The third kappa shape index (κ3) is 2.66. The van der Waals surface area contributed by atoms with Crippen LogP contribution in [0.3, 0.4) is 0 Å². The molecule has 3 rings (SSSR count). The van der Waals surface area contributed by atoms with Crippen molar-refractivity contribution >= 4 is 0 Å². The molecule has 0 spiro atoms. The van der Waals surface area contributed by atoms with Gasteiger partial charge in [-0.05, 0) is 49.9 Å². The lowest BCUT2D eigenvalue weighted by Gasteiger charge is -2.27. The molecule has 1 aromatic heterocycles. The first kappa shape index (κ1) is 13.7. The molecule has 1 aliphatic carbocycles. The van der Waals surface area contributed by atoms with E-state index in [2.05, 4.69) is 16.2 Å². The highest BCUT2D eigenvalue weighted by molar-refractivity contribution is 5.44. The number of aryl methyl sites for hydroxylation is 1. The van der Waals surface area contributed by atoms with Crippen LogP contribution in [0.1, 0.15) is 49.0 Å². The van der Waals surface area contributed by atoms with Crippen molar-refractivity contribution in [3.05, 3.63) is 46.9 Å². The molecule has 4 nitrogen and oxygen atoms in total. The van der Waals surface area contributed by atoms with Crippen LogP contribution in [0.5, 0.6) is 0 Å². The van der Waals surface area contributed by atoms with Crippen LogP contribution in [-0.2, 0) is 12.8 Å². The molecule has 1 unspecified atom stereocenters. The number of benzene rings is 1. The van der Waals surface area contributed by atoms with E-state index in [-0.39, 0.29) is 11.7 Å². The molecule has 5 heteroatoms. The first-order chi connectivity index (χ1) is 9.98. The molecule has 0 amide bonds. The van der Waals surface area contributed by atoms with Crippen LogP contribution in [0.15, 0.2) is 22.7 Å². The van der Waals surface area contributed by atoms with Gasteiger partial charge in [-0.1, -0.05) is 11.2 Å². The summed E-state index contributed by atoms with van der Waals surface area (Å²) in [4.78, 5) is 4.39.